The van der Waals surface area contributed by atoms with Crippen LogP contribution >= 0.6 is 0 Å². The smallest absolute Gasteiger partial charge is 0.223 e. The maximum Gasteiger partial charge on any atom is 0.223 e. The van der Waals surface area contributed by atoms with Gasteiger partial charge in [0.25, 0.3) is 0 Å². The lowest BCUT2D eigenvalue weighted by molar-refractivity contribution is -0.131. The highest BCUT2D eigenvalue weighted by atomic mass is 16.2. The van der Waals surface area contributed by atoms with Crippen molar-refractivity contribution in [1.82, 2.24) is 19.8 Å². The van der Waals surface area contributed by atoms with Gasteiger partial charge >= 0.3 is 0 Å². The van der Waals surface area contributed by atoms with E-state index in [1.165, 1.54) is 19.3 Å². The Hall–Kier alpha value is -1.85. The third-order valence-electron chi connectivity index (χ3n) is 6.20. The van der Waals surface area contributed by atoms with Crippen molar-refractivity contribution in [2.75, 3.05) is 19.6 Å². The van der Waals surface area contributed by atoms with Gasteiger partial charge in [-0.05, 0) is 31.6 Å². The first-order valence-electron chi connectivity index (χ1n) is 9.63. The van der Waals surface area contributed by atoms with Crippen molar-refractivity contribution in [3.8, 4) is 0 Å². The predicted octanol–water partition coefficient (Wildman–Crippen LogP) is 1.68. The summed E-state index contributed by atoms with van der Waals surface area (Å²) < 4.78 is 2.04. The van der Waals surface area contributed by atoms with Gasteiger partial charge in [-0.25, -0.2) is 4.98 Å². The Kier molecular flexibility index (Phi) is 4.52. The highest BCUT2D eigenvalue weighted by Crippen LogP contribution is 2.35. The average Bonchev–Trinajstić information content (AvgIpc) is 3.20. The van der Waals surface area contributed by atoms with Crippen LogP contribution in [0.1, 0.15) is 50.1 Å². The van der Waals surface area contributed by atoms with Crippen molar-refractivity contribution in [1.29, 1.82) is 0 Å². The molecule has 1 aromatic rings. The third kappa shape index (κ3) is 3.58. The van der Waals surface area contributed by atoms with Crippen LogP contribution in [0.25, 0.3) is 0 Å². The molecule has 0 bridgehead atoms. The molecule has 2 amide bonds. The quantitative estimate of drug-likeness (QED) is 0.854. The molecule has 1 saturated heterocycles. The number of imidazole rings is 1. The molecule has 2 saturated carbocycles. The summed E-state index contributed by atoms with van der Waals surface area (Å²) in [5.41, 5.74) is 1.16. The van der Waals surface area contributed by atoms with Gasteiger partial charge in [0.1, 0.15) is 0 Å². The molecule has 3 aliphatic rings. The molecule has 1 aromatic heterocycles. The fraction of sp³-hybridized carbons (Fsp3) is 0.737. The van der Waals surface area contributed by atoms with Crippen LogP contribution in [0.2, 0.25) is 0 Å². The monoisotopic (exact) mass is 344 g/mol. The minimum absolute atomic E-state index is 0.183. The van der Waals surface area contributed by atoms with Gasteiger partial charge in [0.05, 0.1) is 6.33 Å². The van der Waals surface area contributed by atoms with Gasteiger partial charge in [0.15, 0.2) is 0 Å². The van der Waals surface area contributed by atoms with Crippen molar-refractivity contribution in [2.45, 2.75) is 44.4 Å². The lowest BCUT2D eigenvalue weighted by atomic mass is 9.83. The Morgan fingerprint density at radius 1 is 1.24 bits per heavy atom. The highest BCUT2D eigenvalue weighted by molar-refractivity contribution is 5.81. The number of hydrogen-bond donors (Lipinski definition) is 1. The first-order valence-corrected chi connectivity index (χ1v) is 9.63. The van der Waals surface area contributed by atoms with Crippen LogP contribution in [0.15, 0.2) is 12.5 Å². The van der Waals surface area contributed by atoms with Gasteiger partial charge in [-0.1, -0.05) is 6.42 Å². The standard InChI is InChI=1S/C19H28N4O2/c1-22-12-20-9-17(22)16-11-23(18(24)7-13-3-2-4-13)10-15(16)8-21-19(25)14-5-6-14/h9,12-16H,2-8,10-11H2,1H3,(H,21,25)/t15-,16-/m1/s1. The van der Waals surface area contributed by atoms with Gasteiger partial charge < -0.3 is 14.8 Å². The Balaban J connectivity index is 1.42. The summed E-state index contributed by atoms with van der Waals surface area (Å²) in [5.74, 6) is 1.81. The van der Waals surface area contributed by atoms with Gasteiger partial charge in [-0.2, -0.15) is 0 Å². The molecule has 6 heteroatoms. The van der Waals surface area contributed by atoms with Crippen molar-refractivity contribution in [2.24, 2.45) is 24.8 Å². The molecule has 2 heterocycles. The largest absolute Gasteiger partial charge is 0.355 e. The number of nitrogens with zero attached hydrogens (tertiary/aromatic N) is 3. The summed E-state index contributed by atoms with van der Waals surface area (Å²) in [6.45, 7) is 2.14. The molecular weight excluding hydrogens is 316 g/mol. The molecule has 3 fully saturated rings. The maximum atomic E-state index is 12.7. The summed E-state index contributed by atoms with van der Waals surface area (Å²) in [5, 5.41) is 3.11. The van der Waals surface area contributed by atoms with Crippen LogP contribution in [0.3, 0.4) is 0 Å². The van der Waals surface area contributed by atoms with E-state index in [0.29, 0.717) is 18.9 Å². The van der Waals surface area contributed by atoms with E-state index in [2.05, 4.69) is 10.3 Å². The second kappa shape index (κ2) is 6.81. The van der Waals surface area contributed by atoms with Crippen molar-refractivity contribution in [3.63, 3.8) is 0 Å². The van der Waals surface area contributed by atoms with Crippen LogP contribution in [-0.4, -0.2) is 45.9 Å². The molecule has 1 N–H and O–H groups in total. The van der Waals surface area contributed by atoms with E-state index < -0.39 is 0 Å². The zero-order valence-electron chi connectivity index (χ0n) is 15.0. The zero-order chi connectivity index (χ0) is 17.4. The molecule has 136 valence electrons. The summed E-state index contributed by atoms with van der Waals surface area (Å²) in [6.07, 6.45) is 10.1. The zero-order valence-corrected chi connectivity index (χ0v) is 15.0. The summed E-state index contributed by atoms with van der Waals surface area (Å²) in [7, 11) is 2.00. The average molecular weight is 344 g/mol. The molecule has 2 aliphatic carbocycles. The number of rotatable bonds is 6. The first-order chi connectivity index (χ1) is 12.1. The Morgan fingerprint density at radius 2 is 2.04 bits per heavy atom. The molecule has 25 heavy (non-hydrogen) atoms. The molecule has 0 radical (unpaired) electrons. The molecule has 6 nitrogen and oxygen atoms in total. The molecule has 0 unspecified atom stereocenters. The van der Waals surface area contributed by atoms with Crippen LogP contribution in [0.5, 0.6) is 0 Å². The summed E-state index contributed by atoms with van der Waals surface area (Å²) in [6, 6.07) is 0. The number of likely N-dealkylation sites (tertiary alicyclic amines) is 1. The van der Waals surface area contributed by atoms with Gasteiger partial charge in [-0.15, -0.1) is 0 Å². The van der Waals surface area contributed by atoms with Gasteiger partial charge in [0.2, 0.25) is 11.8 Å². The second-order valence-corrected chi connectivity index (χ2v) is 8.12. The van der Waals surface area contributed by atoms with Crippen LogP contribution < -0.4 is 5.32 Å². The molecular formula is C19H28N4O2. The van der Waals surface area contributed by atoms with Crippen LogP contribution in [0.4, 0.5) is 0 Å². The molecule has 0 aromatic carbocycles. The van der Waals surface area contributed by atoms with E-state index >= 15 is 0 Å². The number of aromatic nitrogens is 2. The maximum absolute atomic E-state index is 12.7. The number of carbonyl (C=O) groups excluding carboxylic acids is 2. The van der Waals surface area contributed by atoms with E-state index in [1.807, 2.05) is 29.0 Å². The first kappa shape index (κ1) is 16.6. The molecule has 4 rings (SSSR count). The lowest BCUT2D eigenvalue weighted by Crippen LogP contribution is -2.35. The Labute approximate surface area is 149 Å². The SMILES string of the molecule is Cn1cncc1[C@@H]1CN(C(=O)CC2CCC2)C[C@H]1CNC(=O)C1CC1. The predicted molar refractivity (Wildman–Crippen MR) is 93.7 cm³/mol. The topological polar surface area (TPSA) is 67.2 Å². The van der Waals surface area contributed by atoms with Gasteiger partial charge in [0, 0.05) is 62.7 Å². The fourth-order valence-corrected chi connectivity index (χ4v) is 4.14. The van der Waals surface area contributed by atoms with E-state index in [4.69, 9.17) is 0 Å². The number of aryl methyl sites for hydroxylation is 1. The minimum atomic E-state index is 0.183. The second-order valence-electron chi connectivity index (χ2n) is 8.12. The highest BCUT2D eigenvalue weighted by Gasteiger charge is 2.39. The Morgan fingerprint density at radius 3 is 2.64 bits per heavy atom. The molecule has 1 aliphatic heterocycles. The summed E-state index contributed by atoms with van der Waals surface area (Å²) >= 11 is 0. The minimum Gasteiger partial charge on any atom is -0.355 e. The Bertz CT molecular complexity index is 648. The van der Waals surface area contributed by atoms with Crippen molar-refractivity contribution in [3.05, 3.63) is 18.2 Å². The van der Waals surface area contributed by atoms with E-state index in [9.17, 15) is 9.59 Å². The van der Waals surface area contributed by atoms with Crippen molar-refractivity contribution >= 4 is 11.8 Å². The number of hydrogen-bond acceptors (Lipinski definition) is 3. The van der Waals surface area contributed by atoms with E-state index in [0.717, 1.165) is 31.6 Å². The van der Waals surface area contributed by atoms with E-state index in [1.54, 1.807) is 0 Å². The number of nitrogens with one attached hydrogen (secondary N) is 1. The molecule has 0 spiro atoms. The van der Waals surface area contributed by atoms with Crippen LogP contribution in [0, 0.1) is 17.8 Å². The molecule has 2 atom stereocenters. The number of amides is 2. The third-order valence-corrected chi connectivity index (χ3v) is 6.20. The fourth-order valence-electron chi connectivity index (χ4n) is 4.14. The summed E-state index contributed by atoms with van der Waals surface area (Å²) in [4.78, 5) is 31.0. The van der Waals surface area contributed by atoms with Crippen LogP contribution in [-0.2, 0) is 16.6 Å². The lowest BCUT2D eigenvalue weighted by Gasteiger charge is -2.27. The normalized spacial score (nSPS) is 26.5. The van der Waals surface area contributed by atoms with Crippen molar-refractivity contribution < 1.29 is 9.59 Å². The van der Waals surface area contributed by atoms with E-state index in [-0.39, 0.29) is 29.6 Å². The van der Waals surface area contributed by atoms with Gasteiger partial charge in [-0.3, -0.25) is 9.59 Å². The number of carbonyl (C=O) groups is 2.